The Hall–Kier alpha value is -2.48. The Morgan fingerprint density at radius 2 is 1.92 bits per heavy atom. The Bertz CT molecular complexity index is 720. The van der Waals surface area contributed by atoms with Crippen molar-refractivity contribution in [3.8, 4) is 5.75 Å². The first-order chi connectivity index (χ1) is 12.2. The van der Waals surface area contributed by atoms with E-state index >= 15 is 0 Å². The molecular weight excluding hydrogens is 308 g/mol. The van der Waals surface area contributed by atoms with Gasteiger partial charge in [0.2, 0.25) is 0 Å². The van der Waals surface area contributed by atoms with Crippen LogP contribution >= 0.6 is 0 Å². The van der Waals surface area contributed by atoms with Crippen molar-refractivity contribution in [2.45, 2.75) is 45.1 Å². The van der Waals surface area contributed by atoms with Crippen molar-refractivity contribution >= 4 is 0 Å². The predicted octanol–water partition coefficient (Wildman–Crippen LogP) is 6.25. The topological polar surface area (TPSA) is 18.5 Å². The van der Waals surface area contributed by atoms with Crippen molar-refractivity contribution in [2.24, 2.45) is 0 Å². The van der Waals surface area contributed by atoms with Gasteiger partial charge in [-0.05, 0) is 74.1 Å². The number of hydrogen-bond donors (Lipinski definition) is 0. The van der Waals surface area contributed by atoms with Crippen LogP contribution in [0.1, 0.15) is 39.0 Å². The lowest BCUT2D eigenvalue weighted by molar-refractivity contribution is 0.228. The van der Waals surface area contributed by atoms with Crippen LogP contribution in [0.15, 0.2) is 90.0 Å². The summed E-state index contributed by atoms with van der Waals surface area (Å²) in [5, 5.41) is 0. The van der Waals surface area contributed by atoms with Crippen LogP contribution in [0, 0.1) is 0 Å². The van der Waals surface area contributed by atoms with E-state index in [-0.39, 0.29) is 6.10 Å². The zero-order valence-corrected chi connectivity index (χ0v) is 14.9. The number of benzene rings is 1. The number of ether oxygens (including phenoxy) is 2. The molecule has 0 N–H and O–H groups in total. The van der Waals surface area contributed by atoms with Gasteiger partial charge in [-0.3, -0.25) is 0 Å². The van der Waals surface area contributed by atoms with E-state index in [1.54, 1.807) is 6.08 Å². The number of hydrogen-bond acceptors (Lipinski definition) is 2. The predicted molar refractivity (Wildman–Crippen MR) is 103 cm³/mol. The molecule has 1 unspecified atom stereocenters. The molecule has 0 saturated heterocycles. The molecule has 2 heteroatoms. The van der Waals surface area contributed by atoms with E-state index in [9.17, 15) is 0 Å². The molecule has 2 nitrogen and oxygen atoms in total. The third kappa shape index (κ3) is 4.99. The molecule has 130 valence electrons. The van der Waals surface area contributed by atoms with Crippen LogP contribution in [-0.2, 0) is 4.74 Å². The first-order valence-corrected chi connectivity index (χ1v) is 9.04. The fourth-order valence-electron chi connectivity index (χ4n) is 3.30. The van der Waals surface area contributed by atoms with E-state index in [2.05, 4.69) is 24.8 Å². The molecule has 2 aliphatic rings. The highest BCUT2D eigenvalue weighted by Gasteiger charge is 2.19. The van der Waals surface area contributed by atoms with Gasteiger partial charge in [-0.15, -0.1) is 0 Å². The molecule has 0 radical (unpaired) electrons. The van der Waals surface area contributed by atoms with Gasteiger partial charge in [0.1, 0.15) is 23.4 Å². The highest BCUT2D eigenvalue weighted by atomic mass is 16.5. The van der Waals surface area contributed by atoms with Crippen molar-refractivity contribution in [1.29, 1.82) is 0 Å². The Labute approximate surface area is 150 Å². The van der Waals surface area contributed by atoms with Crippen molar-refractivity contribution in [2.75, 3.05) is 0 Å². The third-order valence-corrected chi connectivity index (χ3v) is 4.52. The summed E-state index contributed by atoms with van der Waals surface area (Å²) >= 11 is 0. The molecule has 0 spiro atoms. The van der Waals surface area contributed by atoms with Gasteiger partial charge in [-0.1, -0.05) is 36.9 Å². The van der Waals surface area contributed by atoms with Gasteiger partial charge in [0.05, 0.1) is 0 Å². The molecule has 0 heterocycles. The van der Waals surface area contributed by atoms with Crippen LogP contribution in [0.25, 0.3) is 0 Å². The van der Waals surface area contributed by atoms with E-state index in [0.717, 1.165) is 43.0 Å². The smallest absolute Gasteiger partial charge is 0.120 e. The summed E-state index contributed by atoms with van der Waals surface area (Å²) in [4.78, 5) is 0. The molecule has 0 aliphatic heterocycles. The molecule has 0 bridgehead atoms. The van der Waals surface area contributed by atoms with Crippen LogP contribution in [0.4, 0.5) is 0 Å². The van der Waals surface area contributed by atoms with Crippen LogP contribution in [0.2, 0.25) is 0 Å². The summed E-state index contributed by atoms with van der Waals surface area (Å²) in [5.41, 5.74) is 2.85. The van der Waals surface area contributed by atoms with Crippen molar-refractivity contribution < 1.29 is 9.47 Å². The Morgan fingerprint density at radius 1 is 1.08 bits per heavy atom. The summed E-state index contributed by atoms with van der Waals surface area (Å²) in [5.74, 6) is 2.85. The van der Waals surface area contributed by atoms with Gasteiger partial charge < -0.3 is 9.47 Å². The van der Waals surface area contributed by atoms with E-state index in [1.165, 1.54) is 17.6 Å². The van der Waals surface area contributed by atoms with Gasteiger partial charge in [0.15, 0.2) is 0 Å². The second-order valence-corrected chi connectivity index (χ2v) is 6.49. The lowest BCUT2D eigenvalue weighted by atomic mass is 9.88. The van der Waals surface area contributed by atoms with Gasteiger partial charge >= 0.3 is 0 Å². The zero-order chi connectivity index (χ0) is 17.5. The maximum absolute atomic E-state index is 6.12. The molecule has 2 aliphatic carbocycles. The highest BCUT2D eigenvalue weighted by Crippen LogP contribution is 2.32. The van der Waals surface area contributed by atoms with E-state index in [0.29, 0.717) is 0 Å². The van der Waals surface area contributed by atoms with Gasteiger partial charge in [0.25, 0.3) is 0 Å². The van der Waals surface area contributed by atoms with E-state index in [4.69, 9.17) is 9.47 Å². The third-order valence-electron chi connectivity index (χ3n) is 4.52. The van der Waals surface area contributed by atoms with Crippen molar-refractivity contribution in [3.63, 3.8) is 0 Å². The normalized spacial score (nSPS) is 20.9. The number of allylic oxidation sites excluding steroid dienone is 8. The minimum absolute atomic E-state index is 0.173. The van der Waals surface area contributed by atoms with E-state index < -0.39 is 0 Å². The Kier molecular flexibility index (Phi) is 5.95. The lowest BCUT2D eigenvalue weighted by Gasteiger charge is -2.25. The SMILES string of the molecule is C=C/C=C(\C)OC1=CC=C(C2=CC(Oc3ccccc3)CCC2)CC1. The Morgan fingerprint density at radius 3 is 2.64 bits per heavy atom. The quantitative estimate of drug-likeness (QED) is 0.452. The average molecular weight is 334 g/mol. The molecular formula is C23H26O2. The summed E-state index contributed by atoms with van der Waals surface area (Å²) in [7, 11) is 0. The average Bonchev–Trinajstić information content (AvgIpc) is 2.64. The first-order valence-electron chi connectivity index (χ1n) is 9.04. The van der Waals surface area contributed by atoms with Crippen LogP contribution < -0.4 is 4.74 Å². The van der Waals surface area contributed by atoms with Gasteiger partial charge in [-0.25, -0.2) is 0 Å². The zero-order valence-electron chi connectivity index (χ0n) is 14.9. The molecule has 0 saturated carbocycles. The molecule has 1 atom stereocenters. The number of rotatable bonds is 6. The first kappa shape index (κ1) is 17.3. The largest absolute Gasteiger partial charge is 0.486 e. The van der Waals surface area contributed by atoms with Crippen LogP contribution in [0.5, 0.6) is 5.75 Å². The molecule has 0 amide bonds. The van der Waals surface area contributed by atoms with E-state index in [1.807, 2.05) is 43.3 Å². The molecule has 0 fully saturated rings. The summed E-state index contributed by atoms with van der Waals surface area (Å²) < 4.78 is 11.9. The summed E-state index contributed by atoms with van der Waals surface area (Å²) in [6.45, 7) is 5.65. The maximum atomic E-state index is 6.12. The molecule has 25 heavy (non-hydrogen) atoms. The maximum Gasteiger partial charge on any atom is 0.120 e. The molecule has 0 aromatic heterocycles. The van der Waals surface area contributed by atoms with Crippen LogP contribution in [-0.4, -0.2) is 6.10 Å². The second-order valence-electron chi connectivity index (χ2n) is 6.49. The van der Waals surface area contributed by atoms with Gasteiger partial charge in [-0.2, -0.15) is 0 Å². The summed E-state index contributed by atoms with van der Waals surface area (Å²) in [6.07, 6.45) is 15.8. The minimum atomic E-state index is 0.173. The number of para-hydroxylation sites is 1. The van der Waals surface area contributed by atoms with Crippen LogP contribution in [0.3, 0.4) is 0 Å². The fraction of sp³-hybridized carbons (Fsp3) is 0.304. The molecule has 3 rings (SSSR count). The van der Waals surface area contributed by atoms with Gasteiger partial charge in [0, 0.05) is 6.42 Å². The standard InChI is InChI=1S/C23H26O2/c1-3-8-18(2)24-22-15-13-19(14-16-22)20-9-7-12-23(17-20)25-21-10-5-4-6-11-21/h3-6,8,10-11,13,15,17,23H,1,7,9,12,14,16H2,2H3/b18-8+. The van der Waals surface area contributed by atoms with Crippen molar-refractivity contribution in [1.82, 2.24) is 0 Å². The summed E-state index contributed by atoms with van der Waals surface area (Å²) in [6, 6.07) is 10.1. The Balaban J connectivity index is 1.66. The van der Waals surface area contributed by atoms with Crippen molar-refractivity contribution in [3.05, 3.63) is 90.0 Å². The monoisotopic (exact) mass is 334 g/mol. The molecule has 1 aromatic carbocycles. The highest BCUT2D eigenvalue weighted by molar-refractivity contribution is 5.39. The molecule has 1 aromatic rings. The second kappa shape index (κ2) is 8.57. The lowest BCUT2D eigenvalue weighted by Crippen LogP contribution is -2.18. The minimum Gasteiger partial charge on any atom is -0.486 e. The fourth-order valence-corrected chi connectivity index (χ4v) is 3.30.